The molecular formula is C15H23N3O2. The van der Waals surface area contributed by atoms with E-state index in [2.05, 4.69) is 10.1 Å². The van der Waals surface area contributed by atoms with E-state index < -0.39 is 0 Å². The maximum absolute atomic E-state index is 9.46. The van der Waals surface area contributed by atoms with Gasteiger partial charge in [0.2, 0.25) is 0 Å². The van der Waals surface area contributed by atoms with Crippen molar-refractivity contribution in [2.45, 2.75) is 38.8 Å². The lowest BCUT2D eigenvalue weighted by Crippen LogP contribution is -2.41. The Morgan fingerprint density at radius 1 is 1.45 bits per heavy atom. The molecule has 1 atom stereocenters. The van der Waals surface area contributed by atoms with Gasteiger partial charge in [-0.05, 0) is 43.5 Å². The van der Waals surface area contributed by atoms with E-state index in [-0.39, 0.29) is 18.5 Å². The molecular weight excluding hydrogens is 254 g/mol. The summed E-state index contributed by atoms with van der Waals surface area (Å²) < 4.78 is 0. The molecule has 0 aromatic heterocycles. The van der Waals surface area contributed by atoms with Crippen LogP contribution in [-0.4, -0.2) is 40.2 Å². The van der Waals surface area contributed by atoms with E-state index in [0.717, 1.165) is 30.6 Å². The van der Waals surface area contributed by atoms with E-state index in [9.17, 15) is 5.11 Å². The summed E-state index contributed by atoms with van der Waals surface area (Å²) in [4.78, 5) is 2.34. The molecule has 1 unspecified atom stereocenters. The van der Waals surface area contributed by atoms with E-state index in [1.165, 1.54) is 18.4 Å². The molecule has 0 spiro atoms. The second kappa shape index (κ2) is 6.72. The summed E-state index contributed by atoms with van der Waals surface area (Å²) in [5.41, 5.74) is 8.67. The van der Waals surface area contributed by atoms with E-state index in [1.54, 1.807) is 0 Å². The van der Waals surface area contributed by atoms with Gasteiger partial charge in [0.15, 0.2) is 5.84 Å². The first-order valence-corrected chi connectivity index (χ1v) is 7.08. The number of amidine groups is 1. The summed E-state index contributed by atoms with van der Waals surface area (Å²) in [5.74, 6) is 0.130. The van der Waals surface area contributed by atoms with E-state index in [4.69, 9.17) is 10.9 Å². The average Bonchev–Trinajstić information content (AvgIpc) is 2.49. The smallest absolute Gasteiger partial charge is 0.170 e. The first-order valence-electron chi connectivity index (χ1n) is 7.08. The Bertz CT molecular complexity index is 488. The van der Waals surface area contributed by atoms with Crippen LogP contribution in [0.15, 0.2) is 23.4 Å². The molecule has 0 radical (unpaired) electrons. The van der Waals surface area contributed by atoms with Crippen molar-refractivity contribution in [1.82, 2.24) is 4.90 Å². The SMILES string of the molecule is Cc1cc(/C(N)=N/O)ccc1CN1CCCCC1CO. The van der Waals surface area contributed by atoms with Crippen molar-refractivity contribution in [3.05, 3.63) is 34.9 Å². The van der Waals surface area contributed by atoms with E-state index in [1.807, 2.05) is 25.1 Å². The Morgan fingerprint density at radius 3 is 2.90 bits per heavy atom. The van der Waals surface area contributed by atoms with Crippen molar-refractivity contribution < 1.29 is 10.3 Å². The lowest BCUT2D eigenvalue weighted by molar-refractivity contribution is 0.0840. The van der Waals surface area contributed by atoms with Crippen molar-refractivity contribution in [3.8, 4) is 0 Å². The lowest BCUT2D eigenvalue weighted by Gasteiger charge is -2.34. The highest BCUT2D eigenvalue weighted by molar-refractivity contribution is 5.97. The van der Waals surface area contributed by atoms with Gasteiger partial charge in [-0.25, -0.2) is 0 Å². The Hall–Kier alpha value is -1.59. The monoisotopic (exact) mass is 277 g/mol. The number of nitrogens with zero attached hydrogens (tertiary/aromatic N) is 2. The third kappa shape index (κ3) is 3.29. The predicted molar refractivity (Wildman–Crippen MR) is 78.8 cm³/mol. The number of hydrogen-bond acceptors (Lipinski definition) is 4. The van der Waals surface area contributed by atoms with Crippen LogP contribution >= 0.6 is 0 Å². The van der Waals surface area contributed by atoms with Crippen LogP contribution in [0, 0.1) is 6.92 Å². The quantitative estimate of drug-likeness (QED) is 0.336. The van der Waals surface area contributed by atoms with Crippen LogP contribution in [0.25, 0.3) is 0 Å². The van der Waals surface area contributed by atoms with Gasteiger partial charge < -0.3 is 16.0 Å². The van der Waals surface area contributed by atoms with Crippen LogP contribution in [-0.2, 0) is 6.54 Å². The van der Waals surface area contributed by atoms with Gasteiger partial charge in [-0.15, -0.1) is 0 Å². The topological polar surface area (TPSA) is 82.1 Å². The Morgan fingerprint density at radius 2 is 2.25 bits per heavy atom. The summed E-state index contributed by atoms with van der Waals surface area (Å²) in [6.07, 6.45) is 3.46. The molecule has 1 aliphatic rings. The Labute approximate surface area is 119 Å². The standard InChI is InChI=1S/C15H23N3O2/c1-11-8-12(15(16)17-20)5-6-13(11)9-18-7-3-2-4-14(18)10-19/h5-6,8,14,19-20H,2-4,7,9-10H2,1H3,(H2,16,17). The van der Waals surface area contributed by atoms with Gasteiger partial charge in [0.1, 0.15) is 0 Å². The number of aliphatic hydroxyl groups is 1. The molecule has 1 aromatic carbocycles. The number of piperidine rings is 1. The molecule has 0 bridgehead atoms. The molecule has 1 heterocycles. The van der Waals surface area contributed by atoms with Gasteiger partial charge in [-0.2, -0.15) is 0 Å². The first kappa shape index (κ1) is 14.8. The number of rotatable bonds is 4. The van der Waals surface area contributed by atoms with Crippen molar-refractivity contribution >= 4 is 5.84 Å². The number of oxime groups is 1. The second-order valence-corrected chi connectivity index (χ2v) is 5.43. The van der Waals surface area contributed by atoms with Crippen LogP contribution in [0.4, 0.5) is 0 Å². The number of aliphatic hydroxyl groups excluding tert-OH is 1. The van der Waals surface area contributed by atoms with Gasteiger partial charge >= 0.3 is 0 Å². The third-order valence-corrected chi connectivity index (χ3v) is 4.08. The molecule has 5 nitrogen and oxygen atoms in total. The molecule has 1 saturated heterocycles. The molecule has 5 heteroatoms. The molecule has 0 amide bonds. The largest absolute Gasteiger partial charge is 0.409 e. The van der Waals surface area contributed by atoms with Crippen molar-refractivity contribution in [3.63, 3.8) is 0 Å². The minimum Gasteiger partial charge on any atom is -0.409 e. The second-order valence-electron chi connectivity index (χ2n) is 5.43. The molecule has 2 rings (SSSR count). The maximum Gasteiger partial charge on any atom is 0.170 e. The molecule has 1 aromatic rings. The van der Waals surface area contributed by atoms with Crippen LogP contribution in [0.5, 0.6) is 0 Å². The molecule has 4 N–H and O–H groups in total. The summed E-state index contributed by atoms with van der Waals surface area (Å²) in [5, 5.41) is 21.2. The highest BCUT2D eigenvalue weighted by Gasteiger charge is 2.22. The van der Waals surface area contributed by atoms with Crippen LogP contribution in [0.3, 0.4) is 0 Å². The highest BCUT2D eigenvalue weighted by Crippen LogP contribution is 2.21. The Kier molecular flexibility index (Phi) is 4.98. The predicted octanol–water partition coefficient (Wildman–Crippen LogP) is 1.44. The van der Waals surface area contributed by atoms with E-state index >= 15 is 0 Å². The van der Waals surface area contributed by atoms with Crippen LogP contribution in [0.2, 0.25) is 0 Å². The van der Waals surface area contributed by atoms with E-state index in [0.29, 0.717) is 0 Å². The highest BCUT2D eigenvalue weighted by atomic mass is 16.4. The minimum atomic E-state index is 0.130. The first-order chi connectivity index (χ1) is 9.65. The van der Waals surface area contributed by atoms with Gasteiger partial charge in [0, 0.05) is 18.2 Å². The fraction of sp³-hybridized carbons (Fsp3) is 0.533. The number of hydrogen-bond donors (Lipinski definition) is 3. The van der Waals surface area contributed by atoms with Gasteiger partial charge in [-0.3, -0.25) is 4.90 Å². The van der Waals surface area contributed by atoms with Crippen molar-refractivity contribution in [1.29, 1.82) is 0 Å². The third-order valence-electron chi connectivity index (χ3n) is 4.08. The van der Waals surface area contributed by atoms with Crippen molar-refractivity contribution in [2.75, 3.05) is 13.2 Å². The van der Waals surface area contributed by atoms with Gasteiger partial charge in [0.25, 0.3) is 0 Å². The summed E-state index contributed by atoms with van der Waals surface area (Å²) in [6.45, 7) is 4.13. The zero-order valence-electron chi connectivity index (χ0n) is 11.9. The van der Waals surface area contributed by atoms with Crippen molar-refractivity contribution in [2.24, 2.45) is 10.9 Å². The van der Waals surface area contributed by atoms with Crippen LogP contribution in [0.1, 0.15) is 36.0 Å². The summed E-state index contributed by atoms with van der Waals surface area (Å²) >= 11 is 0. The zero-order chi connectivity index (χ0) is 14.5. The van der Waals surface area contributed by atoms with Crippen LogP contribution < -0.4 is 5.73 Å². The maximum atomic E-state index is 9.46. The summed E-state index contributed by atoms with van der Waals surface area (Å²) in [6, 6.07) is 6.09. The molecule has 1 aliphatic heterocycles. The fourth-order valence-corrected chi connectivity index (χ4v) is 2.78. The summed E-state index contributed by atoms with van der Waals surface area (Å²) in [7, 11) is 0. The average molecular weight is 277 g/mol. The van der Waals surface area contributed by atoms with Gasteiger partial charge in [-0.1, -0.05) is 23.7 Å². The number of benzene rings is 1. The molecule has 0 aliphatic carbocycles. The molecule has 0 saturated carbocycles. The molecule has 1 fully saturated rings. The number of aryl methyl sites for hydroxylation is 1. The van der Waals surface area contributed by atoms with Gasteiger partial charge in [0.05, 0.1) is 6.61 Å². The molecule has 110 valence electrons. The minimum absolute atomic E-state index is 0.130. The Balaban J connectivity index is 2.13. The molecule has 20 heavy (non-hydrogen) atoms. The fourth-order valence-electron chi connectivity index (χ4n) is 2.78. The number of likely N-dealkylation sites (tertiary alicyclic amines) is 1. The normalized spacial score (nSPS) is 21.1. The lowest BCUT2D eigenvalue weighted by atomic mass is 9.99. The number of nitrogens with two attached hydrogens (primary N) is 1. The zero-order valence-corrected chi connectivity index (χ0v) is 11.9.